The van der Waals surface area contributed by atoms with E-state index < -0.39 is 0 Å². The van der Waals surface area contributed by atoms with Crippen molar-refractivity contribution in [2.75, 3.05) is 6.54 Å². The molecule has 19 heavy (non-hydrogen) atoms. The predicted octanol–water partition coefficient (Wildman–Crippen LogP) is 3.17. The first-order valence-electron chi connectivity index (χ1n) is 7.23. The number of H-pyrrole nitrogens is 1. The molecule has 1 aromatic carbocycles. The molecular weight excluding hydrogens is 236 g/mol. The zero-order valence-corrected chi connectivity index (χ0v) is 11.0. The fourth-order valence-electron chi connectivity index (χ4n) is 3.67. The Morgan fingerprint density at radius 3 is 3.00 bits per heavy atom. The van der Waals surface area contributed by atoms with Crippen molar-refractivity contribution in [1.82, 2.24) is 9.88 Å². The van der Waals surface area contributed by atoms with E-state index in [1.165, 1.54) is 22.2 Å². The van der Waals surface area contributed by atoms with Crippen molar-refractivity contribution >= 4 is 16.8 Å². The van der Waals surface area contributed by atoms with Crippen LogP contribution in [-0.2, 0) is 11.2 Å². The number of nitrogens with zero attached hydrogens (tertiary/aromatic N) is 1. The maximum Gasteiger partial charge on any atom is 0.223 e. The summed E-state index contributed by atoms with van der Waals surface area (Å²) in [6.07, 6.45) is 5.02. The summed E-state index contributed by atoms with van der Waals surface area (Å²) in [7, 11) is 0. The Balaban J connectivity index is 1.87. The lowest BCUT2D eigenvalue weighted by molar-refractivity contribution is -0.133. The molecule has 1 saturated heterocycles. The first-order valence-corrected chi connectivity index (χ1v) is 7.23. The number of rotatable bonds is 0. The smallest absolute Gasteiger partial charge is 0.223 e. The fraction of sp³-hybridized carbons (Fsp3) is 0.438. The van der Waals surface area contributed by atoms with Gasteiger partial charge >= 0.3 is 0 Å². The average Bonchev–Trinajstić information content (AvgIpc) is 2.71. The third-order valence-electron chi connectivity index (χ3n) is 4.60. The van der Waals surface area contributed by atoms with Gasteiger partial charge in [-0.3, -0.25) is 4.79 Å². The van der Waals surface area contributed by atoms with Crippen molar-refractivity contribution < 1.29 is 4.79 Å². The van der Waals surface area contributed by atoms with Gasteiger partial charge in [-0.2, -0.15) is 0 Å². The van der Waals surface area contributed by atoms with Crippen LogP contribution in [0, 0.1) is 0 Å². The highest BCUT2D eigenvalue weighted by Crippen LogP contribution is 2.38. The van der Waals surface area contributed by atoms with Crippen LogP contribution in [0.25, 0.3) is 10.9 Å². The molecule has 1 N–H and O–H groups in total. The van der Waals surface area contributed by atoms with E-state index in [-0.39, 0.29) is 6.04 Å². The number of carbonyl (C=O) groups excluding carboxylic acids is 1. The molecule has 2 aliphatic rings. The van der Waals surface area contributed by atoms with E-state index in [1.54, 1.807) is 0 Å². The lowest BCUT2D eigenvalue weighted by Gasteiger charge is -2.34. The van der Waals surface area contributed by atoms with Crippen molar-refractivity contribution in [1.29, 1.82) is 0 Å². The van der Waals surface area contributed by atoms with Gasteiger partial charge in [0.05, 0.1) is 6.04 Å². The summed E-state index contributed by atoms with van der Waals surface area (Å²) in [5.41, 5.74) is 3.94. The van der Waals surface area contributed by atoms with Gasteiger partial charge in [0.2, 0.25) is 5.91 Å². The predicted molar refractivity (Wildman–Crippen MR) is 74.9 cm³/mol. The van der Waals surface area contributed by atoms with Crippen LogP contribution in [0.5, 0.6) is 0 Å². The van der Waals surface area contributed by atoms with Crippen LogP contribution >= 0.6 is 0 Å². The van der Waals surface area contributed by atoms with Gasteiger partial charge in [0.1, 0.15) is 0 Å². The fourth-order valence-corrected chi connectivity index (χ4v) is 3.67. The van der Waals surface area contributed by atoms with Crippen molar-refractivity contribution in [2.45, 2.75) is 38.1 Å². The average molecular weight is 254 g/mol. The third-order valence-corrected chi connectivity index (χ3v) is 4.60. The molecule has 3 nitrogen and oxygen atoms in total. The molecule has 0 spiro atoms. The second kappa shape index (κ2) is 4.12. The molecule has 0 radical (unpaired) electrons. The van der Waals surface area contributed by atoms with E-state index in [4.69, 9.17) is 0 Å². The highest BCUT2D eigenvalue weighted by Gasteiger charge is 2.34. The Morgan fingerprint density at radius 1 is 1.16 bits per heavy atom. The van der Waals surface area contributed by atoms with Crippen LogP contribution in [0.1, 0.15) is 43.0 Å². The lowest BCUT2D eigenvalue weighted by Crippen LogP contribution is -2.38. The summed E-state index contributed by atoms with van der Waals surface area (Å²) in [5, 5.41) is 1.34. The molecule has 0 bridgehead atoms. The van der Waals surface area contributed by atoms with Gasteiger partial charge in [0.15, 0.2) is 0 Å². The van der Waals surface area contributed by atoms with Gasteiger partial charge in [-0.05, 0) is 30.9 Å². The van der Waals surface area contributed by atoms with E-state index >= 15 is 0 Å². The van der Waals surface area contributed by atoms with Crippen LogP contribution < -0.4 is 0 Å². The van der Waals surface area contributed by atoms with Gasteiger partial charge in [-0.15, -0.1) is 0 Å². The summed E-state index contributed by atoms with van der Waals surface area (Å²) in [5.74, 6) is 0.340. The topological polar surface area (TPSA) is 36.1 Å². The van der Waals surface area contributed by atoms with Crippen LogP contribution in [0.15, 0.2) is 24.3 Å². The molecule has 1 amide bonds. The Morgan fingerprint density at radius 2 is 2.05 bits per heavy atom. The number of nitrogens with one attached hydrogen (secondary N) is 1. The number of benzene rings is 1. The van der Waals surface area contributed by atoms with Crippen molar-refractivity contribution in [3.63, 3.8) is 0 Å². The van der Waals surface area contributed by atoms with E-state index in [1.807, 2.05) is 0 Å². The monoisotopic (exact) mass is 254 g/mol. The minimum atomic E-state index is 0.283. The number of carbonyl (C=O) groups is 1. The SMILES string of the molecule is O=C1CCCCC2c3[nH]c4ccccc4c3CCN12. The molecule has 3 heterocycles. The molecule has 2 aliphatic heterocycles. The molecule has 1 fully saturated rings. The summed E-state index contributed by atoms with van der Waals surface area (Å²) in [6.45, 7) is 0.887. The molecule has 2 aromatic rings. The van der Waals surface area contributed by atoms with Gasteiger partial charge in [-0.25, -0.2) is 0 Å². The minimum Gasteiger partial charge on any atom is -0.356 e. The van der Waals surface area contributed by atoms with E-state index in [0.29, 0.717) is 5.91 Å². The van der Waals surface area contributed by atoms with E-state index in [0.717, 1.165) is 38.6 Å². The molecule has 0 aliphatic carbocycles. The Bertz CT molecular complexity index is 643. The number of hydrogen-bond acceptors (Lipinski definition) is 1. The van der Waals surface area contributed by atoms with Gasteiger partial charge in [0, 0.05) is 29.6 Å². The van der Waals surface area contributed by atoms with Crippen LogP contribution in [0.2, 0.25) is 0 Å². The molecule has 98 valence electrons. The van der Waals surface area contributed by atoms with Gasteiger partial charge in [0.25, 0.3) is 0 Å². The normalized spacial score (nSPS) is 23.1. The molecule has 1 aromatic heterocycles. The standard InChI is InChI=1S/C16H18N2O/c19-15-8-4-3-7-14-16-12(9-10-18(14)15)11-5-1-2-6-13(11)17-16/h1-2,5-6,14,17H,3-4,7-10H2. The van der Waals surface area contributed by atoms with Crippen molar-refractivity contribution in [2.24, 2.45) is 0 Å². The maximum absolute atomic E-state index is 12.2. The van der Waals surface area contributed by atoms with Crippen molar-refractivity contribution in [3.05, 3.63) is 35.5 Å². The molecule has 3 heteroatoms. The molecule has 0 saturated carbocycles. The zero-order chi connectivity index (χ0) is 12.8. The molecule has 1 unspecified atom stereocenters. The summed E-state index contributed by atoms with van der Waals surface area (Å²) >= 11 is 0. The third kappa shape index (κ3) is 1.61. The van der Waals surface area contributed by atoms with Crippen LogP contribution in [0.4, 0.5) is 0 Å². The Hall–Kier alpha value is -1.77. The highest BCUT2D eigenvalue weighted by atomic mass is 16.2. The number of para-hydroxylation sites is 1. The van der Waals surface area contributed by atoms with E-state index in [2.05, 4.69) is 34.1 Å². The first-order chi connectivity index (χ1) is 9.34. The Kier molecular flexibility index (Phi) is 2.40. The molecular formula is C16H18N2O. The summed E-state index contributed by atoms with van der Waals surface area (Å²) < 4.78 is 0. The van der Waals surface area contributed by atoms with Crippen LogP contribution in [-0.4, -0.2) is 22.3 Å². The van der Waals surface area contributed by atoms with Crippen molar-refractivity contribution in [3.8, 4) is 0 Å². The molecule has 4 rings (SSSR count). The molecule has 1 atom stereocenters. The highest BCUT2D eigenvalue weighted by molar-refractivity contribution is 5.86. The van der Waals surface area contributed by atoms with E-state index in [9.17, 15) is 4.79 Å². The largest absolute Gasteiger partial charge is 0.356 e. The first kappa shape index (κ1) is 11.1. The second-order valence-corrected chi connectivity index (χ2v) is 5.66. The minimum absolute atomic E-state index is 0.283. The number of aromatic nitrogens is 1. The zero-order valence-electron chi connectivity index (χ0n) is 11.0. The number of amides is 1. The second-order valence-electron chi connectivity index (χ2n) is 5.66. The summed E-state index contributed by atoms with van der Waals surface area (Å²) in [6, 6.07) is 8.78. The lowest BCUT2D eigenvalue weighted by atomic mass is 9.95. The maximum atomic E-state index is 12.2. The van der Waals surface area contributed by atoms with Crippen LogP contribution in [0.3, 0.4) is 0 Å². The number of aromatic amines is 1. The summed E-state index contributed by atoms with van der Waals surface area (Å²) in [4.78, 5) is 17.9. The van der Waals surface area contributed by atoms with Gasteiger partial charge < -0.3 is 9.88 Å². The number of hydrogen-bond donors (Lipinski definition) is 1. The quantitative estimate of drug-likeness (QED) is 0.770. The number of fused-ring (bicyclic) bond motifs is 5. The van der Waals surface area contributed by atoms with Gasteiger partial charge in [-0.1, -0.05) is 24.6 Å². The Labute approximate surface area is 112 Å².